The summed E-state index contributed by atoms with van der Waals surface area (Å²) in [6.07, 6.45) is 7.96. The van der Waals surface area contributed by atoms with E-state index in [0.29, 0.717) is 30.2 Å². The molecule has 0 unspecified atom stereocenters. The summed E-state index contributed by atoms with van der Waals surface area (Å²) in [6.45, 7) is 0.640. The molecule has 1 aliphatic rings. The normalized spacial score (nSPS) is 18.3. The van der Waals surface area contributed by atoms with Crippen LogP contribution in [0.2, 0.25) is 0 Å². The fraction of sp³-hybridized carbons (Fsp3) is 0.500. The molecule has 0 aliphatic carbocycles. The quantitative estimate of drug-likeness (QED) is 0.428. The van der Waals surface area contributed by atoms with Crippen molar-refractivity contribution in [2.45, 2.75) is 31.3 Å². The Labute approximate surface area is 201 Å². The van der Waals surface area contributed by atoms with E-state index in [4.69, 9.17) is 4.74 Å². The standard InChI is InChI=1S/C24H33N5O4S/c1-33-21-9-5-8-18-17(21)12-19(28-18)23(31)29-20(14-34(2,3)4)24(32)27-16(13-25)11-15-7-6-10-26-22(15)30/h5,8-9,12,15-16,20,28H,6-7,10-11,14H2,1-4H3,(H,26,30)(H,27,32)(H,29,31)/t15-,16-,20-/m0/s1. The van der Waals surface area contributed by atoms with Crippen LogP contribution in [0.5, 0.6) is 5.75 Å². The Bertz CT molecular complexity index is 1100. The van der Waals surface area contributed by atoms with Crippen LogP contribution >= 0.6 is 10.0 Å². The first-order valence-corrected chi connectivity index (χ1v) is 14.2. The van der Waals surface area contributed by atoms with Gasteiger partial charge < -0.3 is 25.7 Å². The number of hydrogen-bond acceptors (Lipinski definition) is 5. The summed E-state index contributed by atoms with van der Waals surface area (Å²) >= 11 is 0. The fourth-order valence-electron chi connectivity index (χ4n) is 4.11. The highest BCUT2D eigenvalue weighted by Crippen LogP contribution is 2.35. The van der Waals surface area contributed by atoms with Crippen molar-refractivity contribution < 1.29 is 19.1 Å². The minimum absolute atomic E-state index is 0.0843. The SMILES string of the molecule is COc1cccc2[nH]c(C(=O)N[C@@H](CS(C)(C)C)C(=O)N[C@H](C#N)C[C@@H]3CCCNC3=O)cc12. The van der Waals surface area contributed by atoms with Gasteiger partial charge in [0.05, 0.1) is 13.2 Å². The average Bonchev–Trinajstić information content (AvgIpc) is 3.23. The number of H-pyrrole nitrogens is 1. The van der Waals surface area contributed by atoms with Gasteiger partial charge >= 0.3 is 0 Å². The summed E-state index contributed by atoms with van der Waals surface area (Å²) in [4.78, 5) is 41.4. The van der Waals surface area contributed by atoms with Crippen LogP contribution in [-0.2, 0) is 9.59 Å². The molecular weight excluding hydrogens is 454 g/mol. The van der Waals surface area contributed by atoms with Crippen molar-refractivity contribution in [1.82, 2.24) is 20.9 Å². The number of aromatic nitrogens is 1. The zero-order valence-electron chi connectivity index (χ0n) is 20.1. The van der Waals surface area contributed by atoms with Crippen LogP contribution in [0.4, 0.5) is 0 Å². The van der Waals surface area contributed by atoms with E-state index in [2.05, 4.69) is 45.8 Å². The summed E-state index contributed by atoms with van der Waals surface area (Å²) < 4.78 is 5.36. The van der Waals surface area contributed by atoms with Gasteiger partial charge in [-0.25, -0.2) is 10.0 Å². The molecular formula is C24H33N5O4S. The summed E-state index contributed by atoms with van der Waals surface area (Å²) in [5.74, 6) is -0.129. The molecule has 10 heteroatoms. The molecule has 3 amide bonds. The third-order valence-corrected chi connectivity index (χ3v) is 7.10. The van der Waals surface area contributed by atoms with Gasteiger partial charge in [0.2, 0.25) is 11.8 Å². The molecule has 0 spiro atoms. The lowest BCUT2D eigenvalue weighted by Crippen LogP contribution is -2.52. The first-order chi connectivity index (χ1) is 16.1. The van der Waals surface area contributed by atoms with Gasteiger partial charge in [0.25, 0.3) is 5.91 Å². The van der Waals surface area contributed by atoms with Crippen molar-refractivity contribution in [2.24, 2.45) is 5.92 Å². The number of amides is 3. The minimum atomic E-state index is -1.16. The zero-order valence-corrected chi connectivity index (χ0v) is 20.9. The maximum atomic E-state index is 13.2. The minimum Gasteiger partial charge on any atom is -0.496 e. The largest absolute Gasteiger partial charge is 0.496 e. The molecule has 1 aromatic carbocycles. The molecule has 4 N–H and O–H groups in total. The van der Waals surface area contributed by atoms with Crippen molar-refractivity contribution in [1.29, 1.82) is 5.26 Å². The number of aromatic amines is 1. The lowest BCUT2D eigenvalue weighted by molar-refractivity contribution is -0.128. The Hall–Kier alpha value is -3.19. The number of ether oxygens (including phenoxy) is 1. The van der Waals surface area contributed by atoms with Crippen LogP contribution in [0, 0.1) is 17.2 Å². The molecule has 1 saturated heterocycles. The maximum absolute atomic E-state index is 13.2. The predicted octanol–water partition coefficient (Wildman–Crippen LogP) is 1.89. The number of benzene rings is 1. The molecule has 3 rings (SSSR count). The number of nitrogens with one attached hydrogen (secondary N) is 4. The Morgan fingerprint density at radius 3 is 2.71 bits per heavy atom. The summed E-state index contributed by atoms with van der Waals surface area (Å²) in [5.41, 5.74) is 1.07. The van der Waals surface area contributed by atoms with E-state index in [1.54, 1.807) is 13.2 Å². The first kappa shape index (κ1) is 25.4. The highest BCUT2D eigenvalue weighted by Gasteiger charge is 2.30. The number of piperidine rings is 1. The zero-order chi connectivity index (χ0) is 24.9. The molecule has 9 nitrogen and oxygen atoms in total. The molecule has 0 saturated carbocycles. The Kier molecular flexibility index (Phi) is 8.10. The van der Waals surface area contributed by atoms with Gasteiger partial charge in [0, 0.05) is 29.1 Å². The van der Waals surface area contributed by atoms with Crippen LogP contribution in [0.25, 0.3) is 10.9 Å². The smallest absolute Gasteiger partial charge is 0.268 e. The molecule has 34 heavy (non-hydrogen) atoms. The summed E-state index contributed by atoms with van der Waals surface area (Å²) in [6, 6.07) is 7.65. The number of methoxy groups -OCH3 is 1. The predicted molar refractivity (Wildman–Crippen MR) is 134 cm³/mol. The second-order valence-electron chi connectivity index (χ2n) is 9.44. The summed E-state index contributed by atoms with van der Waals surface area (Å²) in [7, 11) is 0.403. The number of hydrogen-bond donors (Lipinski definition) is 4. The topological polar surface area (TPSA) is 136 Å². The number of carbonyl (C=O) groups is 3. The molecule has 0 bridgehead atoms. The monoisotopic (exact) mass is 487 g/mol. The van der Waals surface area contributed by atoms with Gasteiger partial charge in [-0.05, 0) is 56.2 Å². The fourth-order valence-corrected chi connectivity index (χ4v) is 5.34. The van der Waals surface area contributed by atoms with E-state index >= 15 is 0 Å². The van der Waals surface area contributed by atoms with Crippen molar-refractivity contribution in [3.63, 3.8) is 0 Å². The van der Waals surface area contributed by atoms with E-state index in [-0.39, 0.29) is 18.2 Å². The Morgan fingerprint density at radius 1 is 1.29 bits per heavy atom. The van der Waals surface area contributed by atoms with E-state index in [9.17, 15) is 19.6 Å². The van der Waals surface area contributed by atoms with Gasteiger partial charge in [-0.15, -0.1) is 0 Å². The van der Waals surface area contributed by atoms with E-state index in [0.717, 1.165) is 17.3 Å². The number of nitriles is 1. The molecule has 0 radical (unpaired) electrons. The summed E-state index contributed by atoms with van der Waals surface area (Å²) in [5, 5.41) is 18.8. The first-order valence-electron chi connectivity index (χ1n) is 11.2. The number of nitrogens with zero attached hydrogens (tertiary/aromatic N) is 1. The third-order valence-electron chi connectivity index (χ3n) is 5.77. The van der Waals surface area contributed by atoms with Gasteiger partial charge in [-0.3, -0.25) is 14.4 Å². The molecule has 2 aromatic rings. The third kappa shape index (κ3) is 6.44. The molecule has 1 aromatic heterocycles. The number of rotatable bonds is 9. The highest BCUT2D eigenvalue weighted by atomic mass is 32.3. The molecule has 184 valence electrons. The Morgan fingerprint density at radius 2 is 2.06 bits per heavy atom. The second-order valence-corrected chi connectivity index (χ2v) is 14.0. The van der Waals surface area contributed by atoms with Crippen molar-refractivity contribution in [2.75, 3.05) is 38.2 Å². The van der Waals surface area contributed by atoms with Crippen molar-refractivity contribution in [3.8, 4) is 11.8 Å². The van der Waals surface area contributed by atoms with E-state index < -0.39 is 33.9 Å². The van der Waals surface area contributed by atoms with Gasteiger partial charge in [-0.1, -0.05) is 6.07 Å². The maximum Gasteiger partial charge on any atom is 0.268 e. The van der Waals surface area contributed by atoms with Gasteiger partial charge in [-0.2, -0.15) is 5.26 Å². The number of carbonyl (C=O) groups excluding carboxylic acids is 3. The highest BCUT2D eigenvalue weighted by molar-refractivity contribution is 8.32. The van der Waals surface area contributed by atoms with Crippen LogP contribution in [0.1, 0.15) is 29.8 Å². The van der Waals surface area contributed by atoms with Crippen LogP contribution in [0.15, 0.2) is 24.3 Å². The lowest BCUT2D eigenvalue weighted by Gasteiger charge is -2.31. The van der Waals surface area contributed by atoms with Crippen LogP contribution in [0.3, 0.4) is 0 Å². The second kappa shape index (κ2) is 10.8. The molecule has 2 heterocycles. The Balaban J connectivity index is 1.74. The van der Waals surface area contributed by atoms with Crippen LogP contribution < -0.4 is 20.7 Å². The number of fused-ring (bicyclic) bond motifs is 1. The lowest BCUT2D eigenvalue weighted by atomic mass is 9.92. The van der Waals surface area contributed by atoms with E-state index in [1.807, 2.05) is 18.2 Å². The van der Waals surface area contributed by atoms with Crippen molar-refractivity contribution >= 4 is 38.7 Å². The average molecular weight is 488 g/mol. The molecule has 3 atom stereocenters. The van der Waals surface area contributed by atoms with Crippen LogP contribution in [-0.4, -0.2) is 73.0 Å². The van der Waals surface area contributed by atoms with Gasteiger partial charge in [0.15, 0.2) is 0 Å². The van der Waals surface area contributed by atoms with E-state index in [1.165, 1.54) is 0 Å². The molecule has 1 fully saturated rings. The molecule has 1 aliphatic heterocycles. The van der Waals surface area contributed by atoms with Gasteiger partial charge in [0.1, 0.15) is 23.5 Å². The van der Waals surface area contributed by atoms with Crippen molar-refractivity contribution in [3.05, 3.63) is 30.0 Å².